The summed E-state index contributed by atoms with van der Waals surface area (Å²) in [5.41, 5.74) is 3.61. The highest BCUT2D eigenvalue weighted by atomic mass is 32.1. The fourth-order valence-electron chi connectivity index (χ4n) is 2.97. The van der Waals surface area contributed by atoms with Crippen LogP contribution in [-0.4, -0.2) is 23.3 Å². The molecular formula is C18H21N3O2S. The van der Waals surface area contributed by atoms with Gasteiger partial charge in [0.15, 0.2) is 5.13 Å². The third-order valence-electron chi connectivity index (χ3n) is 4.29. The Morgan fingerprint density at radius 2 is 2.12 bits per heavy atom. The molecule has 0 unspecified atom stereocenters. The lowest BCUT2D eigenvalue weighted by Gasteiger charge is -2.16. The normalized spacial score (nSPS) is 13.0. The topological polar surface area (TPSA) is 62.3 Å². The van der Waals surface area contributed by atoms with Crippen LogP contribution >= 0.6 is 11.3 Å². The molecule has 126 valence electrons. The molecule has 0 saturated heterocycles. The van der Waals surface area contributed by atoms with Crippen molar-refractivity contribution < 1.29 is 9.59 Å². The average molecular weight is 343 g/mol. The number of carbonyl (C=O) groups excluding carboxylic acids is 2. The Morgan fingerprint density at radius 3 is 2.79 bits per heavy atom. The van der Waals surface area contributed by atoms with E-state index in [-0.39, 0.29) is 11.8 Å². The van der Waals surface area contributed by atoms with Crippen molar-refractivity contribution >= 4 is 34.0 Å². The van der Waals surface area contributed by atoms with Crippen molar-refractivity contribution in [2.24, 2.45) is 0 Å². The first-order valence-electron chi connectivity index (χ1n) is 8.24. The Balaban J connectivity index is 1.78. The van der Waals surface area contributed by atoms with Crippen molar-refractivity contribution in [3.8, 4) is 0 Å². The molecule has 2 aromatic rings. The number of anilines is 2. The third kappa shape index (κ3) is 3.06. The van der Waals surface area contributed by atoms with Crippen molar-refractivity contribution in [3.05, 3.63) is 39.9 Å². The number of nitrogens with zero attached hydrogens (tertiary/aromatic N) is 2. The standard InChI is InChI=1S/C18H21N3O2S/c1-4-14-11(3)24-18(19-14)20-17(23)13-6-7-15-12(10-13)8-9-21(15)16(22)5-2/h6-7,10H,4-5,8-9H2,1-3H3,(H,19,20,23). The van der Waals surface area contributed by atoms with Gasteiger partial charge < -0.3 is 4.90 Å². The number of hydrogen-bond acceptors (Lipinski definition) is 4. The number of fused-ring (bicyclic) bond motifs is 1. The second kappa shape index (κ2) is 6.73. The van der Waals surface area contributed by atoms with Crippen LogP contribution in [0.4, 0.5) is 10.8 Å². The minimum absolute atomic E-state index is 0.122. The molecule has 5 nitrogen and oxygen atoms in total. The molecular weight excluding hydrogens is 322 g/mol. The Hall–Kier alpha value is -2.21. The van der Waals surface area contributed by atoms with Gasteiger partial charge >= 0.3 is 0 Å². The van der Waals surface area contributed by atoms with E-state index in [0.29, 0.717) is 23.7 Å². The fourth-order valence-corrected chi connectivity index (χ4v) is 3.87. The van der Waals surface area contributed by atoms with Gasteiger partial charge in [-0.05, 0) is 43.5 Å². The zero-order valence-electron chi connectivity index (χ0n) is 14.2. The molecule has 6 heteroatoms. The number of aromatic nitrogens is 1. The van der Waals surface area contributed by atoms with Crippen LogP contribution in [0.2, 0.25) is 0 Å². The van der Waals surface area contributed by atoms with Gasteiger partial charge in [0.1, 0.15) is 0 Å². The van der Waals surface area contributed by atoms with E-state index in [4.69, 9.17) is 0 Å². The Bertz CT molecular complexity index is 798. The van der Waals surface area contributed by atoms with E-state index in [0.717, 1.165) is 34.7 Å². The highest BCUT2D eigenvalue weighted by molar-refractivity contribution is 7.15. The molecule has 0 spiro atoms. The molecule has 3 rings (SSSR count). The highest BCUT2D eigenvalue weighted by Crippen LogP contribution is 2.30. The quantitative estimate of drug-likeness (QED) is 0.923. The molecule has 0 radical (unpaired) electrons. The summed E-state index contributed by atoms with van der Waals surface area (Å²) >= 11 is 1.50. The van der Waals surface area contributed by atoms with E-state index < -0.39 is 0 Å². The lowest BCUT2D eigenvalue weighted by molar-refractivity contribution is -0.118. The minimum atomic E-state index is -0.158. The van der Waals surface area contributed by atoms with Gasteiger partial charge in [-0.25, -0.2) is 4.98 Å². The lowest BCUT2D eigenvalue weighted by atomic mass is 10.1. The molecule has 1 aromatic carbocycles. The molecule has 1 N–H and O–H groups in total. The maximum absolute atomic E-state index is 12.5. The predicted octanol–water partition coefficient (Wildman–Crippen LogP) is 3.57. The summed E-state index contributed by atoms with van der Waals surface area (Å²) in [5.74, 6) is -0.0363. The number of thiazole rings is 1. The maximum Gasteiger partial charge on any atom is 0.257 e. The second-order valence-electron chi connectivity index (χ2n) is 5.82. The number of carbonyl (C=O) groups is 2. The van der Waals surface area contributed by atoms with Gasteiger partial charge in [0.25, 0.3) is 5.91 Å². The van der Waals surface area contributed by atoms with Crippen molar-refractivity contribution in [1.82, 2.24) is 4.98 Å². The summed E-state index contributed by atoms with van der Waals surface area (Å²) in [6.45, 7) is 6.62. The van der Waals surface area contributed by atoms with Crippen LogP contribution in [0.3, 0.4) is 0 Å². The molecule has 0 bridgehead atoms. The fraction of sp³-hybridized carbons (Fsp3) is 0.389. The van der Waals surface area contributed by atoms with Crippen LogP contribution in [0.5, 0.6) is 0 Å². The molecule has 2 amide bonds. The van der Waals surface area contributed by atoms with Crippen LogP contribution in [0.25, 0.3) is 0 Å². The number of hydrogen-bond donors (Lipinski definition) is 1. The Kier molecular flexibility index (Phi) is 4.66. The van der Waals surface area contributed by atoms with Crippen molar-refractivity contribution in [2.75, 3.05) is 16.8 Å². The molecule has 1 aromatic heterocycles. The molecule has 1 aliphatic rings. The van der Waals surface area contributed by atoms with Crippen molar-refractivity contribution in [2.45, 2.75) is 40.0 Å². The first-order valence-corrected chi connectivity index (χ1v) is 9.06. The van der Waals surface area contributed by atoms with Crippen molar-refractivity contribution in [3.63, 3.8) is 0 Å². The van der Waals surface area contributed by atoms with E-state index in [1.807, 2.05) is 26.0 Å². The number of nitrogens with one attached hydrogen (secondary N) is 1. The number of benzene rings is 1. The lowest BCUT2D eigenvalue weighted by Crippen LogP contribution is -2.27. The van der Waals surface area contributed by atoms with Crippen LogP contribution < -0.4 is 10.2 Å². The van der Waals surface area contributed by atoms with Gasteiger partial charge in [-0.1, -0.05) is 13.8 Å². The van der Waals surface area contributed by atoms with E-state index >= 15 is 0 Å². The smallest absolute Gasteiger partial charge is 0.257 e. The number of amides is 2. The van der Waals surface area contributed by atoms with E-state index in [9.17, 15) is 9.59 Å². The second-order valence-corrected chi connectivity index (χ2v) is 7.03. The van der Waals surface area contributed by atoms with E-state index in [1.165, 1.54) is 11.3 Å². The average Bonchev–Trinajstić information content (AvgIpc) is 3.16. The van der Waals surface area contributed by atoms with Gasteiger partial charge in [-0.15, -0.1) is 11.3 Å². The molecule has 0 aliphatic carbocycles. The molecule has 0 atom stereocenters. The van der Waals surface area contributed by atoms with Crippen LogP contribution in [0, 0.1) is 6.92 Å². The first-order chi connectivity index (χ1) is 11.5. The van der Waals surface area contributed by atoms with Crippen molar-refractivity contribution in [1.29, 1.82) is 0 Å². The third-order valence-corrected chi connectivity index (χ3v) is 5.22. The summed E-state index contributed by atoms with van der Waals surface area (Å²) in [5, 5.41) is 3.51. The van der Waals surface area contributed by atoms with E-state index in [1.54, 1.807) is 11.0 Å². The van der Waals surface area contributed by atoms with E-state index in [2.05, 4.69) is 17.2 Å². The van der Waals surface area contributed by atoms with Gasteiger partial charge in [0.05, 0.1) is 5.69 Å². The zero-order valence-corrected chi connectivity index (χ0v) is 15.0. The Labute approximate surface area is 145 Å². The number of aryl methyl sites for hydroxylation is 2. The summed E-state index contributed by atoms with van der Waals surface area (Å²) in [6.07, 6.45) is 2.14. The SMILES string of the molecule is CCC(=O)N1CCc2cc(C(=O)Nc3nc(CC)c(C)s3)ccc21. The van der Waals surface area contributed by atoms with Crippen LogP contribution in [-0.2, 0) is 17.6 Å². The molecule has 24 heavy (non-hydrogen) atoms. The first kappa shape index (κ1) is 16.6. The van der Waals surface area contributed by atoms with Crippen LogP contribution in [0.15, 0.2) is 18.2 Å². The van der Waals surface area contributed by atoms with Crippen LogP contribution in [0.1, 0.15) is 46.8 Å². The highest BCUT2D eigenvalue weighted by Gasteiger charge is 2.24. The largest absolute Gasteiger partial charge is 0.312 e. The van der Waals surface area contributed by atoms with Gasteiger partial charge in [0, 0.05) is 29.1 Å². The van der Waals surface area contributed by atoms with Gasteiger partial charge in [0.2, 0.25) is 5.91 Å². The Morgan fingerprint density at radius 1 is 1.33 bits per heavy atom. The molecule has 2 heterocycles. The monoisotopic (exact) mass is 343 g/mol. The minimum Gasteiger partial charge on any atom is -0.312 e. The predicted molar refractivity (Wildman–Crippen MR) is 97.0 cm³/mol. The molecule has 0 saturated carbocycles. The summed E-state index contributed by atoms with van der Waals surface area (Å²) in [6, 6.07) is 5.53. The van der Waals surface area contributed by atoms with Gasteiger partial charge in [-0.2, -0.15) is 0 Å². The molecule has 1 aliphatic heterocycles. The summed E-state index contributed by atoms with van der Waals surface area (Å²) < 4.78 is 0. The summed E-state index contributed by atoms with van der Waals surface area (Å²) in [4.78, 5) is 31.8. The maximum atomic E-state index is 12.5. The number of rotatable bonds is 4. The van der Waals surface area contributed by atoms with Gasteiger partial charge in [-0.3, -0.25) is 14.9 Å². The summed E-state index contributed by atoms with van der Waals surface area (Å²) in [7, 11) is 0. The molecule has 0 fully saturated rings. The zero-order chi connectivity index (χ0) is 17.3.